The van der Waals surface area contributed by atoms with Gasteiger partial charge in [-0.05, 0) is 19.9 Å². The largest absolute Gasteiger partial charge is 0.486 e. The number of ether oxygens (including phenoxy) is 2. The molecule has 2 rings (SSSR count). The highest BCUT2D eigenvalue weighted by Crippen LogP contribution is 2.36. The van der Waals surface area contributed by atoms with Crippen molar-refractivity contribution in [3.63, 3.8) is 0 Å². The van der Waals surface area contributed by atoms with Crippen LogP contribution in [0.3, 0.4) is 0 Å². The minimum Gasteiger partial charge on any atom is -0.486 e. The topological polar surface area (TPSA) is 38.7 Å². The summed E-state index contributed by atoms with van der Waals surface area (Å²) in [5.74, 6) is 0.401. The Balaban J connectivity index is 2.50. The molecule has 1 aromatic carbocycles. The van der Waals surface area contributed by atoms with Crippen LogP contribution in [0.15, 0.2) is 12.1 Å². The van der Waals surface area contributed by atoms with E-state index in [9.17, 15) is 9.50 Å². The fourth-order valence-corrected chi connectivity index (χ4v) is 1.53. The number of benzene rings is 1. The molecule has 0 unspecified atom stereocenters. The van der Waals surface area contributed by atoms with Gasteiger partial charge in [0, 0.05) is 11.6 Å². The zero-order valence-corrected chi connectivity index (χ0v) is 8.71. The fourth-order valence-electron chi connectivity index (χ4n) is 1.53. The molecule has 0 aromatic heterocycles. The van der Waals surface area contributed by atoms with Crippen molar-refractivity contribution in [1.29, 1.82) is 0 Å². The van der Waals surface area contributed by atoms with Crippen LogP contribution in [0.1, 0.15) is 19.4 Å². The summed E-state index contributed by atoms with van der Waals surface area (Å²) >= 11 is 0. The van der Waals surface area contributed by atoms with Crippen LogP contribution < -0.4 is 9.47 Å². The maximum atomic E-state index is 13.6. The minimum absolute atomic E-state index is 0.215. The summed E-state index contributed by atoms with van der Waals surface area (Å²) in [4.78, 5) is 0. The van der Waals surface area contributed by atoms with E-state index in [0.717, 1.165) is 0 Å². The molecule has 82 valence electrons. The molecule has 1 heterocycles. The molecule has 4 heteroatoms. The zero-order chi connectivity index (χ0) is 11.1. The lowest BCUT2D eigenvalue weighted by Crippen LogP contribution is -2.20. The van der Waals surface area contributed by atoms with E-state index in [-0.39, 0.29) is 5.56 Å². The first kappa shape index (κ1) is 10.2. The molecule has 1 aromatic rings. The summed E-state index contributed by atoms with van der Waals surface area (Å²) in [7, 11) is 0. The Bertz CT molecular complexity index is 382. The minimum atomic E-state index is -1.22. The molecule has 0 saturated heterocycles. The third-order valence-corrected chi connectivity index (χ3v) is 2.29. The molecule has 0 radical (unpaired) electrons. The molecule has 0 spiro atoms. The van der Waals surface area contributed by atoms with Gasteiger partial charge in [-0.15, -0.1) is 0 Å². The predicted octanol–water partition coefficient (Wildman–Crippen LogP) is 1.82. The third kappa shape index (κ3) is 1.90. The van der Waals surface area contributed by atoms with Crippen molar-refractivity contribution in [2.75, 3.05) is 13.2 Å². The summed E-state index contributed by atoms with van der Waals surface area (Å²) in [5.41, 5.74) is -1.01. The Labute approximate surface area is 87.4 Å². The van der Waals surface area contributed by atoms with Crippen LogP contribution in [0.25, 0.3) is 0 Å². The van der Waals surface area contributed by atoms with Gasteiger partial charge in [-0.1, -0.05) is 0 Å². The van der Waals surface area contributed by atoms with Crippen LogP contribution in [0.5, 0.6) is 11.5 Å². The average Bonchev–Trinajstić information content (AvgIpc) is 2.15. The highest BCUT2D eigenvalue weighted by atomic mass is 19.1. The number of aliphatic hydroxyl groups is 1. The molecule has 0 atom stereocenters. The van der Waals surface area contributed by atoms with Crippen LogP contribution in [-0.4, -0.2) is 18.3 Å². The van der Waals surface area contributed by atoms with Crippen LogP contribution in [-0.2, 0) is 5.60 Å². The first-order valence-corrected chi connectivity index (χ1v) is 4.80. The summed E-state index contributed by atoms with van der Waals surface area (Å²) in [6.07, 6.45) is 0. The van der Waals surface area contributed by atoms with E-state index in [1.807, 2.05) is 0 Å². The molecule has 1 N–H and O–H groups in total. The molecule has 15 heavy (non-hydrogen) atoms. The molecule has 0 saturated carbocycles. The second-order valence-corrected chi connectivity index (χ2v) is 4.03. The first-order valence-electron chi connectivity index (χ1n) is 4.80. The second kappa shape index (κ2) is 3.38. The maximum absolute atomic E-state index is 13.6. The molecule has 0 bridgehead atoms. The molecule has 0 amide bonds. The van der Waals surface area contributed by atoms with E-state index >= 15 is 0 Å². The van der Waals surface area contributed by atoms with Crippen LogP contribution >= 0.6 is 0 Å². The molecule has 1 aliphatic rings. The number of hydrogen-bond acceptors (Lipinski definition) is 3. The Kier molecular flexibility index (Phi) is 2.31. The zero-order valence-electron chi connectivity index (χ0n) is 8.71. The van der Waals surface area contributed by atoms with Crippen molar-refractivity contribution < 1.29 is 19.0 Å². The second-order valence-electron chi connectivity index (χ2n) is 4.03. The Hall–Kier alpha value is -1.29. The van der Waals surface area contributed by atoms with Gasteiger partial charge < -0.3 is 14.6 Å². The summed E-state index contributed by atoms with van der Waals surface area (Å²) in [6.45, 7) is 3.93. The standard InChI is InChI=1S/C11H13FO3/c1-11(2,13)7-5-9-10(6-8(7)12)15-4-3-14-9/h5-6,13H,3-4H2,1-2H3. The van der Waals surface area contributed by atoms with Crippen molar-refractivity contribution in [3.05, 3.63) is 23.5 Å². The van der Waals surface area contributed by atoms with Gasteiger partial charge in [0.15, 0.2) is 11.5 Å². The molecular formula is C11H13FO3. The van der Waals surface area contributed by atoms with Gasteiger partial charge in [0.1, 0.15) is 19.0 Å². The van der Waals surface area contributed by atoms with E-state index in [2.05, 4.69) is 0 Å². The van der Waals surface area contributed by atoms with Gasteiger partial charge >= 0.3 is 0 Å². The number of hydrogen-bond donors (Lipinski definition) is 1. The lowest BCUT2D eigenvalue weighted by Gasteiger charge is -2.23. The number of halogens is 1. The maximum Gasteiger partial charge on any atom is 0.164 e. The lowest BCUT2D eigenvalue weighted by atomic mass is 9.97. The van der Waals surface area contributed by atoms with Crippen molar-refractivity contribution in [1.82, 2.24) is 0 Å². The van der Waals surface area contributed by atoms with Gasteiger partial charge in [-0.3, -0.25) is 0 Å². The average molecular weight is 212 g/mol. The summed E-state index contributed by atoms with van der Waals surface area (Å²) in [6, 6.07) is 2.74. The Morgan fingerprint density at radius 3 is 2.27 bits per heavy atom. The SMILES string of the molecule is CC(C)(O)c1cc2c(cc1F)OCCO2. The van der Waals surface area contributed by atoms with Gasteiger partial charge in [-0.25, -0.2) is 4.39 Å². The third-order valence-electron chi connectivity index (χ3n) is 2.29. The van der Waals surface area contributed by atoms with E-state index in [1.165, 1.54) is 26.0 Å². The molecule has 1 aliphatic heterocycles. The van der Waals surface area contributed by atoms with Crippen molar-refractivity contribution >= 4 is 0 Å². The highest BCUT2D eigenvalue weighted by molar-refractivity contribution is 5.46. The summed E-state index contributed by atoms with van der Waals surface area (Å²) in [5, 5.41) is 9.74. The molecular weight excluding hydrogens is 199 g/mol. The smallest absolute Gasteiger partial charge is 0.164 e. The quantitative estimate of drug-likeness (QED) is 0.771. The molecule has 0 aliphatic carbocycles. The Morgan fingerprint density at radius 2 is 1.73 bits per heavy atom. The predicted molar refractivity (Wildman–Crippen MR) is 52.6 cm³/mol. The van der Waals surface area contributed by atoms with E-state index in [4.69, 9.17) is 9.47 Å². The van der Waals surface area contributed by atoms with Crippen molar-refractivity contribution in [3.8, 4) is 11.5 Å². The van der Waals surface area contributed by atoms with E-state index in [0.29, 0.717) is 24.7 Å². The van der Waals surface area contributed by atoms with Crippen molar-refractivity contribution in [2.45, 2.75) is 19.4 Å². The van der Waals surface area contributed by atoms with Crippen LogP contribution in [0, 0.1) is 5.82 Å². The van der Waals surface area contributed by atoms with Crippen LogP contribution in [0.2, 0.25) is 0 Å². The first-order chi connectivity index (χ1) is 6.98. The van der Waals surface area contributed by atoms with Crippen LogP contribution in [0.4, 0.5) is 4.39 Å². The van der Waals surface area contributed by atoms with Gasteiger partial charge in [0.05, 0.1) is 5.60 Å². The normalized spacial score (nSPS) is 15.2. The van der Waals surface area contributed by atoms with Gasteiger partial charge in [-0.2, -0.15) is 0 Å². The Morgan fingerprint density at radius 1 is 1.20 bits per heavy atom. The summed E-state index contributed by atoms with van der Waals surface area (Å²) < 4.78 is 24.1. The fraction of sp³-hybridized carbons (Fsp3) is 0.455. The molecule has 0 fully saturated rings. The van der Waals surface area contributed by atoms with Gasteiger partial charge in [0.25, 0.3) is 0 Å². The van der Waals surface area contributed by atoms with Crippen molar-refractivity contribution in [2.24, 2.45) is 0 Å². The van der Waals surface area contributed by atoms with Gasteiger partial charge in [0.2, 0.25) is 0 Å². The van der Waals surface area contributed by atoms with E-state index < -0.39 is 11.4 Å². The number of rotatable bonds is 1. The molecule has 3 nitrogen and oxygen atoms in total. The monoisotopic (exact) mass is 212 g/mol. The lowest BCUT2D eigenvalue weighted by molar-refractivity contribution is 0.0733. The highest BCUT2D eigenvalue weighted by Gasteiger charge is 2.24. The number of fused-ring (bicyclic) bond motifs is 1. The van der Waals surface area contributed by atoms with E-state index in [1.54, 1.807) is 0 Å².